The van der Waals surface area contributed by atoms with E-state index in [-0.39, 0.29) is 5.54 Å². The molecule has 0 spiro atoms. The molecule has 104 valence electrons. The molecule has 0 bridgehead atoms. The molecular formula is C14H21N3O2. The molecule has 1 aliphatic rings. The molecule has 4 N–H and O–H groups in total. The maximum absolute atomic E-state index is 11.3. The third-order valence-electron chi connectivity index (χ3n) is 3.61. The van der Waals surface area contributed by atoms with Crippen molar-refractivity contribution in [3.8, 4) is 5.88 Å². The highest BCUT2D eigenvalue weighted by atomic mass is 16.5. The number of primary amides is 1. The third kappa shape index (κ3) is 3.44. The Morgan fingerprint density at radius 2 is 2.05 bits per heavy atom. The van der Waals surface area contributed by atoms with Gasteiger partial charge in [-0.25, -0.2) is 4.98 Å². The van der Waals surface area contributed by atoms with Crippen molar-refractivity contribution in [1.82, 2.24) is 4.98 Å². The summed E-state index contributed by atoms with van der Waals surface area (Å²) in [6, 6.07) is 3.38. The zero-order chi connectivity index (χ0) is 13.9. The molecule has 0 radical (unpaired) electrons. The van der Waals surface area contributed by atoms with Crippen molar-refractivity contribution in [2.45, 2.75) is 44.6 Å². The maximum atomic E-state index is 11.3. The number of carbonyl (C=O) groups excluding carboxylic acids is 1. The van der Waals surface area contributed by atoms with Crippen LogP contribution >= 0.6 is 0 Å². The highest BCUT2D eigenvalue weighted by Crippen LogP contribution is 2.27. The third-order valence-corrected chi connectivity index (χ3v) is 3.61. The molecule has 0 unspecified atom stereocenters. The lowest BCUT2D eigenvalue weighted by atomic mass is 9.83. The van der Waals surface area contributed by atoms with E-state index >= 15 is 0 Å². The number of nitrogens with two attached hydrogens (primary N) is 2. The molecule has 1 aromatic rings. The number of carbonyl (C=O) groups is 1. The van der Waals surface area contributed by atoms with Crippen LogP contribution in [0.25, 0.3) is 0 Å². The van der Waals surface area contributed by atoms with Gasteiger partial charge in [0.2, 0.25) is 5.88 Å². The smallest absolute Gasteiger partial charge is 0.254 e. The van der Waals surface area contributed by atoms with Gasteiger partial charge in [-0.1, -0.05) is 19.3 Å². The van der Waals surface area contributed by atoms with Crippen molar-refractivity contribution in [2.24, 2.45) is 11.5 Å². The number of amides is 1. The molecule has 1 heterocycles. The van der Waals surface area contributed by atoms with Crippen molar-refractivity contribution in [3.05, 3.63) is 23.4 Å². The van der Waals surface area contributed by atoms with E-state index in [1.54, 1.807) is 12.1 Å². The maximum Gasteiger partial charge on any atom is 0.254 e. The summed E-state index contributed by atoms with van der Waals surface area (Å²) in [5.74, 6) is -0.236. The standard InChI is InChI=1S/C14H21N3O2/c1-10-5-6-11(12(15)18)13(17-10)19-9-14(16)7-3-2-4-8-14/h5-6H,2-4,7-9,16H2,1H3,(H2,15,18). The fourth-order valence-corrected chi connectivity index (χ4v) is 2.44. The molecule has 1 saturated carbocycles. The van der Waals surface area contributed by atoms with Gasteiger partial charge in [-0.3, -0.25) is 4.79 Å². The summed E-state index contributed by atoms with van der Waals surface area (Å²) in [5.41, 5.74) is 12.4. The second-order valence-electron chi connectivity index (χ2n) is 5.38. The first-order valence-corrected chi connectivity index (χ1v) is 6.69. The van der Waals surface area contributed by atoms with Gasteiger partial charge in [0.1, 0.15) is 12.2 Å². The van der Waals surface area contributed by atoms with Gasteiger partial charge in [-0.05, 0) is 31.9 Å². The number of hydrogen-bond acceptors (Lipinski definition) is 4. The van der Waals surface area contributed by atoms with Crippen molar-refractivity contribution < 1.29 is 9.53 Å². The lowest BCUT2D eigenvalue weighted by Gasteiger charge is -2.32. The van der Waals surface area contributed by atoms with E-state index in [0.717, 1.165) is 31.4 Å². The van der Waals surface area contributed by atoms with Crippen molar-refractivity contribution in [2.75, 3.05) is 6.61 Å². The number of aryl methyl sites for hydroxylation is 1. The van der Waals surface area contributed by atoms with Gasteiger partial charge in [0.05, 0.1) is 5.54 Å². The van der Waals surface area contributed by atoms with Crippen LogP contribution in [0.2, 0.25) is 0 Å². The van der Waals surface area contributed by atoms with Gasteiger partial charge in [0.15, 0.2) is 0 Å². The number of pyridine rings is 1. The van der Waals surface area contributed by atoms with Crippen LogP contribution < -0.4 is 16.2 Å². The van der Waals surface area contributed by atoms with E-state index in [4.69, 9.17) is 16.2 Å². The zero-order valence-corrected chi connectivity index (χ0v) is 11.3. The molecule has 0 atom stereocenters. The van der Waals surface area contributed by atoms with Crippen molar-refractivity contribution >= 4 is 5.91 Å². The summed E-state index contributed by atoms with van der Waals surface area (Å²) in [6.07, 6.45) is 5.39. The second-order valence-corrected chi connectivity index (χ2v) is 5.38. The Labute approximate surface area is 113 Å². The monoisotopic (exact) mass is 263 g/mol. The molecule has 0 saturated heterocycles. The Morgan fingerprint density at radius 3 is 2.68 bits per heavy atom. The van der Waals surface area contributed by atoms with Gasteiger partial charge in [0.25, 0.3) is 5.91 Å². The second kappa shape index (κ2) is 5.57. The summed E-state index contributed by atoms with van der Waals surface area (Å²) < 4.78 is 5.68. The fourth-order valence-electron chi connectivity index (χ4n) is 2.44. The number of hydrogen-bond donors (Lipinski definition) is 2. The average molecular weight is 263 g/mol. The highest BCUT2D eigenvalue weighted by molar-refractivity contribution is 5.95. The normalized spacial score (nSPS) is 18.0. The van der Waals surface area contributed by atoms with Gasteiger partial charge in [0, 0.05) is 5.69 Å². The van der Waals surface area contributed by atoms with Gasteiger partial charge >= 0.3 is 0 Å². The lowest BCUT2D eigenvalue weighted by Crippen LogP contribution is -2.47. The molecule has 5 heteroatoms. The van der Waals surface area contributed by atoms with Gasteiger partial charge in [-0.2, -0.15) is 0 Å². The van der Waals surface area contributed by atoms with E-state index in [1.165, 1.54) is 6.42 Å². The molecule has 1 aliphatic carbocycles. The van der Waals surface area contributed by atoms with Crippen LogP contribution in [0.3, 0.4) is 0 Å². The Hall–Kier alpha value is -1.62. The van der Waals surface area contributed by atoms with E-state index in [9.17, 15) is 4.79 Å². The largest absolute Gasteiger partial charge is 0.475 e. The Balaban J connectivity index is 2.10. The van der Waals surface area contributed by atoms with Crippen LogP contribution in [0, 0.1) is 6.92 Å². The van der Waals surface area contributed by atoms with Crippen molar-refractivity contribution in [3.63, 3.8) is 0 Å². The minimum Gasteiger partial charge on any atom is -0.475 e. The molecule has 1 fully saturated rings. The first-order chi connectivity index (χ1) is 9.00. The van der Waals surface area contributed by atoms with E-state index in [0.29, 0.717) is 18.1 Å². The lowest BCUT2D eigenvalue weighted by molar-refractivity contribution is 0.0991. The predicted molar refractivity (Wildman–Crippen MR) is 73.0 cm³/mol. The predicted octanol–water partition coefficient (Wildman–Crippen LogP) is 1.53. The van der Waals surface area contributed by atoms with Crippen molar-refractivity contribution in [1.29, 1.82) is 0 Å². The van der Waals surface area contributed by atoms with Crippen LogP contribution in [-0.4, -0.2) is 23.0 Å². The first kappa shape index (κ1) is 13.8. The number of ether oxygens (including phenoxy) is 1. The summed E-state index contributed by atoms with van der Waals surface area (Å²) in [7, 11) is 0. The summed E-state index contributed by atoms with van der Waals surface area (Å²) in [4.78, 5) is 15.6. The Morgan fingerprint density at radius 1 is 1.37 bits per heavy atom. The molecular weight excluding hydrogens is 242 g/mol. The zero-order valence-electron chi connectivity index (χ0n) is 11.3. The molecule has 5 nitrogen and oxygen atoms in total. The van der Waals surface area contributed by atoms with Crippen LogP contribution in [-0.2, 0) is 0 Å². The minimum atomic E-state index is -0.530. The Kier molecular flexibility index (Phi) is 4.04. The van der Waals surface area contributed by atoms with Crippen LogP contribution in [0.4, 0.5) is 0 Å². The van der Waals surface area contributed by atoms with Gasteiger partial charge < -0.3 is 16.2 Å². The van der Waals surface area contributed by atoms with Crippen LogP contribution in [0.5, 0.6) is 5.88 Å². The minimum absolute atomic E-state index is 0.294. The quantitative estimate of drug-likeness (QED) is 0.861. The SMILES string of the molecule is Cc1ccc(C(N)=O)c(OCC2(N)CCCCC2)n1. The molecule has 0 aliphatic heterocycles. The van der Waals surface area contributed by atoms with Gasteiger partial charge in [-0.15, -0.1) is 0 Å². The molecule has 1 amide bonds. The molecule has 19 heavy (non-hydrogen) atoms. The fraction of sp³-hybridized carbons (Fsp3) is 0.571. The van der Waals surface area contributed by atoms with E-state index < -0.39 is 5.91 Å². The topological polar surface area (TPSA) is 91.2 Å². The van der Waals surface area contributed by atoms with Crippen LogP contribution in [0.1, 0.15) is 48.2 Å². The van der Waals surface area contributed by atoms with E-state index in [1.807, 2.05) is 6.92 Å². The number of rotatable bonds is 4. The summed E-state index contributed by atoms with van der Waals surface area (Å²) >= 11 is 0. The highest BCUT2D eigenvalue weighted by Gasteiger charge is 2.29. The Bertz CT molecular complexity index is 468. The molecule has 1 aromatic heterocycles. The number of nitrogens with zero attached hydrogens (tertiary/aromatic N) is 1. The van der Waals surface area contributed by atoms with Crippen LogP contribution in [0.15, 0.2) is 12.1 Å². The molecule has 2 rings (SSSR count). The number of aromatic nitrogens is 1. The average Bonchev–Trinajstić information content (AvgIpc) is 2.37. The summed E-state index contributed by atoms with van der Waals surface area (Å²) in [6.45, 7) is 2.22. The van der Waals surface area contributed by atoms with E-state index in [2.05, 4.69) is 4.98 Å². The summed E-state index contributed by atoms with van der Waals surface area (Å²) in [5, 5.41) is 0. The first-order valence-electron chi connectivity index (χ1n) is 6.69. The molecule has 0 aromatic carbocycles.